The number of amides is 1. The van der Waals surface area contributed by atoms with Gasteiger partial charge in [-0.2, -0.15) is 0 Å². The Hall–Kier alpha value is -1.69. The Labute approximate surface area is 157 Å². The lowest BCUT2D eigenvalue weighted by Gasteiger charge is -2.31. The van der Waals surface area contributed by atoms with Crippen molar-refractivity contribution < 1.29 is 9.53 Å². The summed E-state index contributed by atoms with van der Waals surface area (Å²) in [5, 5.41) is 3.62. The molecule has 1 aliphatic rings. The second-order valence-corrected chi connectivity index (χ2v) is 7.40. The molecule has 0 radical (unpaired) electrons. The molecule has 0 saturated heterocycles. The summed E-state index contributed by atoms with van der Waals surface area (Å²) in [5.41, 5.74) is 3.00. The molecule has 1 amide bonds. The molecule has 1 heterocycles. The summed E-state index contributed by atoms with van der Waals surface area (Å²) in [6.45, 7) is 2.78. The van der Waals surface area contributed by atoms with Crippen molar-refractivity contribution >= 4 is 35.0 Å². The number of hydrogen-bond acceptors (Lipinski definition) is 4. The number of hydrogen-bond donors (Lipinski definition) is 1. The first-order valence-electron chi connectivity index (χ1n) is 8.21. The fourth-order valence-corrected chi connectivity index (χ4v) is 3.91. The average Bonchev–Trinajstić information content (AvgIpc) is 2.63. The zero-order valence-electron chi connectivity index (χ0n) is 14.1. The molecule has 25 heavy (non-hydrogen) atoms. The molecule has 2 aromatic carbocycles. The Morgan fingerprint density at radius 1 is 1.28 bits per heavy atom. The van der Waals surface area contributed by atoms with Crippen molar-refractivity contribution in [2.75, 3.05) is 37.5 Å². The van der Waals surface area contributed by atoms with Crippen LogP contribution in [0.1, 0.15) is 15.9 Å². The molecule has 2 aromatic rings. The zero-order valence-corrected chi connectivity index (χ0v) is 15.7. The first-order chi connectivity index (χ1) is 12.2. The van der Waals surface area contributed by atoms with Crippen LogP contribution in [0.5, 0.6) is 0 Å². The van der Waals surface area contributed by atoms with Crippen LogP contribution >= 0.6 is 23.4 Å². The van der Waals surface area contributed by atoms with Crippen LogP contribution in [0.4, 0.5) is 5.69 Å². The maximum absolute atomic E-state index is 12.3. The van der Waals surface area contributed by atoms with Gasteiger partial charge in [0.1, 0.15) is 0 Å². The van der Waals surface area contributed by atoms with E-state index in [9.17, 15) is 4.79 Å². The Bertz CT molecular complexity index is 737. The molecule has 0 fully saturated rings. The van der Waals surface area contributed by atoms with Crippen LogP contribution in [0.2, 0.25) is 5.02 Å². The second-order valence-electron chi connectivity index (χ2n) is 5.83. The number of anilines is 1. The predicted octanol–water partition coefficient (Wildman–Crippen LogP) is 3.83. The number of benzene rings is 2. The smallest absolute Gasteiger partial charge is 0.251 e. The van der Waals surface area contributed by atoms with Gasteiger partial charge < -0.3 is 15.0 Å². The summed E-state index contributed by atoms with van der Waals surface area (Å²) in [7, 11) is 1.62. The van der Waals surface area contributed by atoms with Crippen LogP contribution in [0, 0.1) is 0 Å². The van der Waals surface area contributed by atoms with Crippen LogP contribution in [-0.4, -0.2) is 38.5 Å². The molecule has 0 spiro atoms. The highest BCUT2D eigenvalue weighted by Gasteiger charge is 2.19. The number of halogens is 1. The minimum atomic E-state index is -0.0677. The van der Waals surface area contributed by atoms with Gasteiger partial charge in [-0.25, -0.2) is 0 Å². The molecule has 1 N–H and O–H groups in total. The van der Waals surface area contributed by atoms with E-state index in [2.05, 4.69) is 10.2 Å². The highest BCUT2D eigenvalue weighted by Crippen LogP contribution is 2.36. The number of nitrogens with one attached hydrogen (secondary N) is 1. The fraction of sp³-hybridized carbons (Fsp3) is 0.316. The van der Waals surface area contributed by atoms with E-state index in [0.717, 1.165) is 29.6 Å². The fourth-order valence-electron chi connectivity index (χ4n) is 2.76. The van der Waals surface area contributed by atoms with Gasteiger partial charge in [0, 0.05) is 48.0 Å². The summed E-state index contributed by atoms with van der Waals surface area (Å²) in [6, 6.07) is 13.8. The maximum Gasteiger partial charge on any atom is 0.251 e. The van der Waals surface area contributed by atoms with Gasteiger partial charge in [0.15, 0.2) is 0 Å². The zero-order chi connectivity index (χ0) is 17.6. The van der Waals surface area contributed by atoms with Crippen LogP contribution in [0.25, 0.3) is 0 Å². The van der Waals surface area contributed by atoms with Gasteiger partial charge in [0.05, 0.1) is 12.3 Å². The van der Waals surface area contributed by atoms with Crippen LogP contribution in [-0.2, 0) is 11.3 Å². The van der Waals surface area contributed by atoms with Crippen molar-refractivity contribution in [2.24, 2.45) is 0 Å². The normalized spacial score (nSPS) is 13.4. The lowest BCUT2D eigenvalue weighted by atomic mass is 10.1. The van der Waals surface area contributed by atoms with Gasteiger partial charge in [-0.05, 0) is 35.9 Å². The number of thioether (sulfide) groups is 1. The third kappa shape index (κ3) is 4.69. The van der Waals surface area contributed by atoms with E-state index in [1.807, 2.05) is 54.2 Å². The van der Waals surface area contributed by atoms with E-state index >= 15 is 0 Å². The van der Waals surface area contributed by atoms with Crippen LogP contribution in [0.15, 0.2) is 47.4 Å². The summed E-state index contributed by atoms with van der Waals surface area (Å²) in [4.78, 5) is 15.8. The number of carbonyl (C=O) groups is 1. The Morgan fingerprint density at radius 2 is 2.08 bits per heavy atom. The molecule has 0 unspecified atom stereocenters. The Morgan fingerprint density at radius 3 is 2.84 bits per heavy atom. The number of methoxy groups -OCH3 is 1. The number of carbonyl (C=O) groups excluding carboxylic acids is 1. The maximum atomic E-state index is 12.3. The van der Waals surface area contributed by atoms with Gasteiger partial charge in [0.2, 0.25) is 0 Å². The lowest BCUT2D eigenvalue weighted by Crippen LogP contribution is -2.30. The average molecular weight is 377 g/mol. The van der Waals surface area contributed by atoms with Gasteiger partial charge in [-0.15, -0.1) is 11.8 Å². The minimum Gasteiger partial charge on any atom is -0.383 e. The van der Waals surface area contributed by atoms with Crippen LogP contribution in [0.3, 0.4) is 0 Å². The summed E-state index contributed by atoms with van der Waals surface area (Å²) < 4.78 is 4.97. The molecule has 3 rings (SSSR count). The number of rotatable bonds is 6. The van der Waals surface area contributed by atoms with Gasteiger partial charge in [-0.3, -0.25) is 4.79 Å². The molecule has 0 saturated carbocycles. The highest BCUT2D eigenvalue weighted by molar-refractivity contribution is 7.99. The number of ether oxygens (including phenoxy) is 1. The summed E-state index contributed by atoms with van der Waals surface area (Å²) in [6.07, 6.45) is 0. The standard InChI is InChI=1S/C19H21ClN2O2S/c1-24-10-8-21-19(23)15-4-7-18-17(12-15)22(9-11-25-18)13-14-2-5-16(20)6-3-14/h2-7,12H,8-11,13H2,1H3,(H,21,23). The molecule has 4 nitrogen and oxygen atoms in total. The Balaban J connectivity index is 1.77. The molecule has 0 aliphatic carbocycles. The number of fused-ring (bicyclic) bond motifs is 1. The minimum absolute atomic E-state index is 0.0677. The molecule has 132 valence electrons. The monoisotopic (exact) mass is 376 g/mol. The SMILES string of the molecule is COCCNC(=O)c1ccc2c(c1)N(Cc1ccc(Cl)cc1)CCS2. The topological polar surface area (TPSA) is 41.6 Å². The summed E-state index contributed by atoms with van der Waals surface area (Å²) in [5.74, 6) is 0.974. The second kappa shape index (κ2) is 8.61. The molecule has 1 aliphatic heterocycles. The largest absolute Gasteiger partial charge is 0.383 e. The lowest BCUT2D eigenvalue weighted by molar-refractivity contribution is 0.0937. The summed E-state index contributed by atoms with van der Waals surface area (Å²) >= 11 is 7.81. The predicted molar refractivity (Wildman–Crippen MR) is 104 cm³/mol. The van der Waals surface area contributed by atoms with E-state index in [1.54, 1.807) is 7.11 Å². The number of nitrogens with zero attached hydrogens (tertiary/aromatic N) is 1. The van der Waals surface area contributed by atoms with E-state index in [4.69, 9.17) is 16.3 Å². The third-order valence-corrected chi connectivity index (χ3v) is 5.35. The molecular formula is C19H21ClN2O2S. The molecule has 0 atom stereocenters. The van der Waals surface area contributed by atoms with E-state index < -0.39 is 0 Å². The molecule has 0 aromatic heterocycles. The quantitative estimate of drug-likeness (QED) is 0.778. The first-order valence-corrected chi connectivity index (χ1v) is 9.57. The molecule has 0 bridgehead atoms. The Kier molecular flexibility index (Phi) is 6.24. The van der Waals surface area contributed by atoms with Crippen molar-refractivity contribution in [3.8, 4) is 0 Å². The van der Waals surface area contributed by atoms with E-state index in [1.165, 1.54) is 10.5 Å². The van der Waals surface area contributed by atoms with Crippen molar-refractivity contribution in [3.05, 3.63) is 58.6 Å². The third-order valence-electron chi connectivity index (χ3n) is 4.06. The first kappa shape index (κ1) is 18.1. The van der Waals surface area contributed by atoms with Gasteiger partial charge in [-0.1, -0.05) is 23.7 Å². The highest BCUT2D eigenvalue weighted by atomic mass is 35.5. The molecule has 6 heteroatoms. The van der Waals surface area contributed by atoms with Gasteiger partial charge >= 0.3 is 0 Å². The van der Waals surface area contributed by atoms with Crippen LogP contribution < -0.4 is 10.2 Å². The van der Waals surface area contributed by atoms with Crippen molar-refractivity contribution in [3.63, 3.8) is 0 Å². The molecular weight excluding hydrogens is 356 g/mol. The van der Waals surface area contributed by atoms with Crippen molar-refractivity contribution in [1.29, 1.82) is 0 Å². The van der Waals surface area contributed by atoms with E-state index in [-0.39, 0.29) is 5.91 Å². The van der Waals surface area contributed by atoms with E-state index in [0.29, 0.717) is 18.7 Å². The van der Waals surface area contributed by atoms with Crippen molar-refractivity contribution in [1.82, 2.24) is 5.32 Å². The van der Waals surface area contributed by atoms with Crippen molar-refractivity contribution in [2.45, 2.75) is 11.4 Å². The van der Waals surface area contributed by atoms with Gasteiger partial charge in [0.25, 0.3) is 5.91 Å².